The van der Waals surface area contributed by atoms with Crippen molar-refractivity contribution in [1.82, 2.24) is 14.8 Å². The Morgan fingerprint density at radius 1 is 1.05 bits per heavy atom. The number of benzene rings is 1. The molecule has 0 fully saturated rings. The fourth-order valence-electron chi connectivity index (χ4n) is 2.19. The molecular weight excluding hydrogens is 238 g/mol. The zero-order chi connectivity index (χ0) is 13.4. The zero-order valence-electron chi connectivity index (χ0n) is 10.8. The van der Waals surface area contributed by atoms with Gasteiger partial charge in [0.25, 0.3) is 5.56 Å². The minimum absolute atomic E-state index is 0.136. The van der Waals surface area contributed by atoms with Gasteiger partial charge in [0.15, 0.2) is 0 Å². The summed E-state index contributed by atoms with van der Waals surface area (Å²) in [6.07, 6.45) is 1.68. The van der Waals surface area contributed by atoms with E-state index in [0.29, 0.717) is 10.9 Å². The van der Waals surface area contributed by atoms with Crippen LogP contribution in [0.4, 0.5) is 0 Å². The van der Waals surface area contributed by atoms with E-state index in [1.165, 1.54) is 4.68 Å². The summed E-state index contributed by atoms with van der Waals surface area (Å²) in [7, 11) is 0. The molecule has 0 bridgehead atoms. The summed E-state index contributed by atoms with van der Waals surface area (Å²) < 4.78 is 1.45. The van der Waals surface area contributed by atoms with Crippen LogP contribution in [-0.2, 0) is 0 Å². The SMILES string of the molecule is Cc1ccccc1-n1nc(C)c2ncccc2c1=O. The van der Waals surface area contributed by atoms with Crippen LogP contribution in [0.25, 0.3) is 16.6 Å². The van der Waals surface area contributed by atoms with Crippen LogP contribution in [0.3, 0.4) is 0 Å². The molecule has 4 nitrogen and oxygen atoms in total. The maximum Gasteiger partial charge on any atom is 0.280 e. The van der Waals surface area contributed by atoms with Crippen LogP contribution in [0.2, 0.25) is 0 Å². The lowest BCUT2D eigenvalue weighted by molar-refractivity contribution is 0.793. The van der Waals surface area contributed by atoms with Crippen LogP contribution >= 0.6 is 0 Å². The highest BCUT2D eigenvalue weighted by molar-refractivity contribution is 5.79. The minimum Gasteiger partial charge on any atom is -0.267 e. The molecule has 0 aliphatic heterocycles. The van der Waals surface area contributed by atoms with Crippen LogP contribution in [0.5, 0.6) is 0 Å². The van der Waals surface area contributed by atoms with Crippen molar-refractivity contribution in [1.29, 1.82) is 0 Å². The molecule has 94 valence electrons. The second kappa shape index (κ2) is 4.31. The summed E-state index contributed by atoms with van der Waals surface area (Å²) in [5, 5.41) is 4.97. The fourth-order valence-corrected chi connectivity index (χ4v) is 2.19. The van der Waals surface area contributed by atoms with Gasteiger partial charge in [0.2, 0.25) is 0 Å². The van der Waals surface area contributed by atoms with Crippen molar-refractivity contribution in [3.05, 3.63) is 64.2 Å². The second-order valence-corrected chi connectivity index (χ2v) is 4.49. The van der Waals surface area contributed by atoms with Crippen LogP contribution in [-0.4, -0.2) is 14.8 Å². The summed E-state index contributed by atoms with van der Waals surface area (Å²) in [5.41, 5.74) is 3.10. The van der Waals surface area contributed by atoms with E-state index in [1.807, 2.05) is 38.1 Å². The predicted molar refractivity (Wildman–Crippen MR) is 74.6 cm³/mol. The van der Waals surface area contributed by atoms with Crippen LogP contribution in [0.1, 0.15) is 11.3 Å². The van der Waals surface area contributed by atoms with Gasteiger partial charge in [-0.2, -0.15) is 9.78 Å². The Morgan fingerprint density at radius 3 is 2.63 bits per heavy atom. The number of aromatic nitrogens is 3. The normalized spacial score (nSPS) is 10.8. The van der Waals surface area contributed by atoms with E-state index in [9.17, 15) is 4.79 Å². The van der Waals surface area contributed by atoms with E-state index >= 15 is 0 Å². The van der Waals surface area contributed by atoms with Crippen molar-refractivity contribution in [3.8, 4) is 5.69 Å². The standard InChI is InChI=1S/C15H13N3O/c1-10-6-3-4-8-13(10)18-15(19)12-7-5-9-16-14(12)11(2)17-18/h3-9H,1-2H3. The van der Waals surface area contributed by atoms with Gasteiger partial charge in [-0.1, -0.05) is 18.2 Å². The first kappa shape index (κ1) is 11.6. The second-order valence-electron chi connectivity index (χ2n) is 4.49. The Hall–Kier alpha value is -2.49. The molecule has 3 aromatic rings. The van der Waals surface area contributed by atoms with Crippen molar-refractivity contribution in [2.24, 2.45) is 0 Å². The van der Waals surface area contributed by atoms with Crippen LogP contribution in [0, 0.1) is 13.8 Å². The van der Waals surface area contributed by atoms with Gasteiger partial charge in [-0.3, -0.25) is 9.78 Å². The smallest absolute Gasteiger partial charge is 0.267 e. The lowest BCUT2D eigenvalue weighted by atomic mass is 10.2. The third-order valence-corrected chi connectivity index (χ3v) is 3.17. The van der Waals surface area contributed by atoms with Gasteiger partial charge in [-0.15, -0.1) is 0 Å². The first-order valence-corrected chi connectivity index (χ1v) is 6.09. The van der Waals surface area contributed by atoms with E-state index in [0.717, 1.165) is 16.9 Å². The Bertz CT molecular complexity index is 821. The van der Waals surface area contributed by atoms with Crippen molar-refractivity contribution >= 4 is 10.9 Å². The summed E-state index contributed by atoms with van der Waals surface area (Å²) in [4.78, 5) is 16.7. The first-order chi connectivity index (χ1) is 9.18. The van der Waals surface area contributed by atoms with E-state index in [4.69, 9.17) is 0 Å². The molecule has 0 spiro atoms. The molecule has 0 atom stereocenters. The van der Waals surface area contributed by atoms with Crippen molar-refractivity contribution in [2.45, 2.75) is 13.8 Å². The Kier molecular flexibility index (Phi) is 2.63. The van der Waals surface area contributed by atoms with Gasteiger partial charge in [0.05, 0.1) is 22.3 Å². The fraction of sp³-hybridized carbons (Fsp3) is 0.133. The number of hydrogen-bond donors (Lipinski definition) is 0. The molecule has 0 unspecified atom stereocenters. The number of pyridine rings is 1. The Morgan fingerprint density at radius 2 is 1.84 bits per heavy atom. The predicted octanol–water partition coefficient (Wildman–Crippen LogP) is 2.40. The molecule has 2 aromatic heterocycles. The first-order valence-electron chi connectivity index (χ1n) is 6.09. The molecule has 2 heterocycles. The summed E-state index contributed by atoms with van der Waals surface area (Å²) in [6.45, 7) is 3.83. The molecule has 0 aliphatic carbocycles. The molecule has 0 radical (unpaired) electrons. The maximum atomic E-state index is 12.5. The monoisotopic (exact) mass is 251 g/mol. The van der Waals surface area contributed by atoms with E-state index in [2.05, 4.69) is 10.1 Å². The van der Waals surface area contributed by atoms with Crippen LogP contribution in [0.15, 0.2) is 47.4 Å². The molecular formula is C15H13N3O. The molecule has 0 N–H and O–H groups in total. The quantitative estimate of drug-likeness (QED) is 0.667. The Balaban J connectivity index is 2.41. The molecule has 19 heavy (non-hydrogen) atoms. The molecule has 3 rings (SSSR count). The number of para-hydroxylation sites is 1. The maximum absolute atomic E-state index is 12.5. The van der Waals surface area contributed by atoms with Gasteiger partial charge in [0, 0.05) is 6.20 Å². The molecule has 0 saturated heterocycles. The van der Waals surface area contributed by atoms with Gasteiger partial charge in [-0.05, 0) is 37.6 Å². The third kappa shape index (κ3) is 1.81. The van der Waals surface area contributed by atoms with Crippen LogP contribution < -0.4 is 5.56 Å². The summed E-state index contributed by atoms with van der Waals surface area (Å²) >= 11 is 0. The molecule has 4 heteroatoms. The van der Waals surface area contributed by atoms with Gasteiger partial charge < -0.3 is 0 Å². The Labute approximate surface area is 110 Å². The van der Waals surface area contributed by atoms with E-state index in [-0.39, 0.29) is 5.56 Å². The van der Waals surface area contributed by atoms with Crippen molar-refractivity contribution in [3.63, 3.8) is 0 Å². The number of rotatable bonds is 1. The molecule has 1 aromatic carbocycles. The third-order valence-electron chi connectivity index (χ3n) is 3.17. The van der Waals surface area contributed by atoms with Crippen molar-refractivity contribution in [2.75, 3.05) is 0 Å². The lowest BCUT2D eigenvalue weighted by Crippen LogP contribution is -2.23. The molecule has 0 saturated carbocycles. The summed E-state index contributed by atoms with van der Waals surface area (Å²) in [5.74, 6) is 0. The highest BCUT2D eigenvalue weighted by Crippen LogP contribution is 2.14. The van der Waals surface area contributed by atoms with Gasteiger partial charge >= 0.3 is 0 Å². The minimum atomic E-state index is -0.136. The average molecular weight is 251 g/mol. The van der Waals surface area contributed by atoms with E-state index in [1.54, 1.807) is 18.3 Å². The number of aryl methyl sites for hydroxylation is 2. The number of fused-ring (bicyclic) bond motifs is 1. The highest BCUT2D eigenvalue weighted by atomic mass is 16.1. The lowest BCUT2D eigenvalue weighted by Gasteiger charge is -2.10. The number of nitrogens with zero attached hydrogens (tertiary/aromatic N) is 3. The molecule has 0 amide bonds. The molecule has 0 aliphatic rings. The average Bonchev–Trinajstić information content (AvgIpc) is 2.44. The zero-order valence-corrected chi connectivity index (χ0v) is 10.8. The van der Waals surface area contributed by atoms with Gasteiger partial charge in [-0.25, -0.2) is 0 Å². The summed E-state index contributed by atoms with van der Waals surface area (Å²) in [6, 6.07) is 11.3. The largest absolute Gasteiger partial charge is 0.280 e. The van der Waals surface area contributed by atoms with Gasteiger partial charge in [0.1, 0.15) is 0 Å². The van der Waals surface area contributed by atoms with Crippen molar-refractivity contribution < 1.29 is 0 Å². The topological polar surface area (TPSA) is 47.8 Å². The van der Waals surface area contributed by atoms with E-state index < -0.39 is 0 Å². The highest BCUT2D eigenvalue weighted by Gasteiger charge is 2.10. The number of hydrogen-bond acceptors (Lipinski definition) is 3.